The summed E-state index contributed by atoms with van der Waals surface area (Å²) in [5, 5.41) is 4.17. The highest BCUT2D eigenvalue weighted by Crippen LogP contribution is 2.15. The van der Waals surface area contributed by atoms with Crippen molar-refractivity contribution in [3.63, 3.8) is 0 Å². The van der Waals surface area contributed by atoms with Crippen molar-refractivity contribution in [3.05, 3.63) is 42.1 Å². The van der Waals surface area contributed by atoms with Crippen LogP contribution in [-0.2, 0) is 16.1 Å². The topological polar surface area (TPSA) is 51.2 Å². The quantitative estimate of drug-likeness (QED) is 0.816. The molecule has 0 saturated carbocycles. The standard InChI is InChI=1S/C14H16N2O2/c1-2-18-13(17)10-15-9-12-6-3-5-11-7-4-8-16-14(11)12/h3-8,15H,2,9-10H2,1H3. The van der Waals surface area contributed by atoms with Crippen LogP contribution < -0.4 is 5.32 Å². The molecule has 0 unspecified atom stereocenters. The number of carbonyl (C=O) groups is 1. The first-order chi connectivity index (χ1) is 8.81. The number of nitrogens with zero attached hydrogens (tertiary/aromatic N) is 1. The van der Waals surface area contributed by atoms with Gasteiger partial charge in [-0.1, -0.05) is 24.3 Å². The molecule has 0 fully saturated rings. The van der Waals surface area contributed by atoms with Crippen LogP contribution in [0.2, 0.25) is 0 Å². The Kier molecular flexibility index (Phi) is 4.25. The molecular formula is C14H16N2O2. The summed E-state index contributed by atoms with van der Waals surface area (Å²) in [5.74, 6) is -0.231. The lowest BCUT2D eigenvalue weighted by Crippen LogP contribution is -2.24. The number of fused-ring (bicyclic) bond motifs is 1. The van der Waals surface area contributed by atoms with Gasteiger partial charge >= 0.3 is 5.97 Å². The van der Waals surface area contributed by atoms with Gasteiger partial charge in [-0.2, -0.15) is 0 Å². The predicted molar refractivity (Wildman–Crippen MR) is 70.1 cm³/mol. The molecule has 1 N–H and O–H groups in total. The number of pyridine rings is 1. The Morgan fingerprint density at radius 2 is 2.17 bits per heavy atom. The molecular weight excluding hydrogens is 228 g/mol. The van der Waals surface area contributed by atoms with Gasteiger partial charge in [0.05, 0.1) is 18.7 Å². The number of aromatic nitrogens is 1. The number of hydrogen-bond acceptors (Lipinski definition) is 4. The average molecular weight is 244 g/mol. The molecule has 1 aromatic carbocycles. The Morgan fingerprint density at radius 3 is 3.00 bits per heavy atom. The highest BCUT2D eigenvalue weighted by atomic mass is 16.5. The predicted octanol–water partition coefficient (Wildman–Crippen LogP) is 1.89. The average Bonchev–Trinajstić information content (AvgIpc) is 2.39. The number of hydrogen-bond donors (Lipinski definition) is 1. The summed E-state index contributed by atoms with van der Waals surface area (Å²) in [6, 6.07) is 9.96. The molecule has 0 amide bonds. The summed E-state index contributed by atoms with van der Waals surface area (Å²) in [6.07, 6.45) is 1.77. The maximum absolute atomic E-state index is 11.2. The van der Waals surface area contributed by atoms with Crippen LogP contribution in [0.15, 0.2) is 36.5 Å². The fourth-order valence-electron chi connectivity index (χ4n) is 1.82. The third kappa shape index (κ3) is 3.05. The first-order valence-electron chi connectivity index (χ1n) is 6.00. The summed E-state index contributed by atoms with van der Waals surface area (Å²) in [7, 11) is 0. The second-order valence-corrected chi connectivity index (χ2v) is 3.90. The molecule has 0 spiro atoms. The smallest absolute Gasteiger partial charge is 0.319 e. The van der Waals surface area contributed by atoms with Crippen LogP contribution in [0.1, 0.15) is 12.5 Å². The van der Waals surface area contributed by atoms with Gasteiger partial charge in [-0.15, -0.1) is 0 Å². The summed E-state index contributed by atoms with van der Waals surface area (Å²) in [4.78, 5) is 15.6. The highest BCUT2D eigenvalue weighted by molar-refractivity contribution is 5.81. The van der Waals surface area contributed by atoms with E-state index in [1.807, 2.05) is 30.3 Å². The SMILES string of the molecule is CCOC(=O)CNCc1cccc2cccnc12. The summed E-state index contributed by atoms with van der Waals surface area (Å²) in [6.45, 7) is 3.03. The van der Waals surface area contributed by atoms with E-state index in [-0.39, 0.29) is 12.5 Å². The molecule has 4 nitrogen and oxygen atoms in total. The molecule has 0 radical (unpaired) electrons. The van der Waals surface area contributed by atoms with Crippen LogP contribution >= 0.6 is 0 Å². The van der Waals surface area contributed by atoms with Gasteiger partial charge < -0.3 is 10.1 Å². The molecule has 2 rings (SSSR count). The molecule has 94 valence electrons. The fraction of sp³-hybridized carbons (Fsp3) is 0.286. The largest absolute Gasteiger partial charge is 0.465 e. The van der Waals surface area contributed by atoms with E-state index < -0.39 is 0 Å². The van der Waals surface area contributed by atoms with Crippen molar-refractivity contribution >= 4 is 16.9 Å². The third-order valence-electron chi connectivity index (χ3n) is 2.61. The van der Waals surface area contributed by atoms with Gasteiger partial charge in [-0.25, -0.2) is 0 Å². The number of ether oxygens (including phenoxy) is 1. The van der Waals surface area contributed by atoms with Crippen LogP contribution in [0.3, 0.4) is 0 Å². The zero-order chi connectivity index (χ0) is 12.8. The fourth-order valence-corrected chi connectivity index (χ4v) is 1.82. The number of carbonyl (C=O) groups excluding carboxylic acids is 1. The van der Waals surface area contributed by atoms with Gasteiger partial charge in [0.1, 0.15) is 0 Å². The second-order valence-electron chi connectivity index (χ2n) is 3.90. The number of benzene rings is 1. The first-order valence-corrected chi connectivity index (χ1v) is 6.00. The third-order valence-corrected chi connectivity index (χ3v) is 2.61. The molecule has 1 aromatic heterocycles. The molecule has 18 heavy (non-hydrogen) atoms. The molecule has 0 aliphatic heterocycles. The lowest BCUT2D eigenvalue weighted by molar-refractivity contribution is -0.142. The summed E-state index contributed by atoms with van der Waals surface area (Å²) < 4.78 is 4.85. The lowest BCUT2D eigenvalue weighted by Gasteiger charge is -2.07. The van der Waals surface area contributed by atoms with E-state index in [1.165, 1.54) is 0 Å². The van der Waals surface area contributed by atoms with E-state index in [9.17, 15) is 4.79 Å². The normalized spacial score (nSPS) is 10.5. The van der Waals surface area contributed by atoms with Crippen LogP contribution in [0.5, 0.6) is 0 Å². The first kappa shape index (κ1) is 12.5. The van der Waals surface area contributed by atoms with Crippen molar-refractivity contribution in [2.75, 3.05) is 13.2 Å². The van der Waals surface area contributed by atoms with Gasteiger partial charge in [-0.3, -0.25) is 9.78 Å². The number of nitrogens with one attached hydrogen (secondary N) is 1. The Morgan fingerprint density at radius 1 is 1.33 bits per heavy atom. The number of rotatable bonds is 5. The maximum atomic E-state index is 11.2. The van der Waals surface area contributed by atoms with Crippen molar-refractivity contribution in [2.45, 2.75) is 13.5 Å². The van der Waals surface area contributed by atoms with Gasteiger partial charge in [0, 0.05) is 18.1 Å². The lowest BCUT2D eigenvalue weighted by atomic mass is 10.1. The van der Waals surface area contributed by atoms with Gasteiger partial charge in [-0.05, 0) is 18.6 Å². The second kappa shape index (κ2) is 6.12. The minimum absolute atomic E-state index is 0.219. The van der Waals surface area contributed by atoms with E-state index in [1.54, 1.807) is 13.1 Å². The van der Waals surface area contributed by atoms with E-state index >= 15 is 0 Å². The number of esters is 1. The van der Waals surface area contributed by atoms with Crippen molar-refractivity contribution in [1.29, 1.82) is 0 Å². The summed E-state index contributed by atoms with van der Waals surface area (Å²) in [5.41, 5.74) is 2.05. The van der Waals surface area contributed by atoms with Crippen molar-refractivity contribution in [1.82, 2.24) is 10.3 Å². The Bertz CT molecular complexity index is 535. The Balaban J connectivity index is 2.01. The van der Waals surface area contributed by atoms with Crippen LogP contribution in [-0.4, -0.2) is 24.1 Å². The molecule has 4 heteroatoms. The molecule has 0 atom stereocenters. The van der Waals surface area contributed by atoms with Crippen LogP contribution in [0.25, 0.3) is 10.9 Å². The molecule has 1 heterocycles. The Labute approximate surface area is 106 Å². The molecule has 0 aliphatic rings. The van der Waals surface area contributed by atoms with Crippen molar-refractivity contribution in [3.8, 4) is 0 Å². The number of para-hydroxylation sites is 1. The van der Waals surface area contributed by atoms with Crippen LogP contribution in [0.4, 0.5) is 0 Å². The van der Waals surface area contributed by atoms with E-state index in [4.69, 9.17) is 4.74 Å². The maximum Gasteiger partial charge on any atom is 0.319 e. The Hall–Kier alpha value is -1.94. The van der Waals surface area contributed by atoms with Gasteiger partial charge in [0.2, 0.25) is 0 Å². The molecule has 0 bridgehead atoms. The minimum atomic E-state index is -0.231. The monoisotopic (exact) mass is 244 g/mol. The van der Waals surface area contributed by atoms with Crippen LogP contribution in [0, 0.1) is 0 Å². The van der Waals surface area contributed by atoms with Gasteiger partial charge in [0.15, 0.2) is 0 Å². The van der Waals surface area contributed by atoms with E-state index in [0.717, 1.165) is 16.5 Å². The zero-order valence-electron chi connectivity index (χ0n) is 10.3. The molecule has 0 aliphatic carbocycles. The van der Waals surface area contributed by atoms with Gasteiger partial charge in [0.25, 0.3) is 0 Å². The van der Waals surface area contributed by atoms with Crippen molar-refractivity contribution in [2.24, 2.45) is 0 Å². The highest BCUT2D eigenvalue weighted by Gasteiger charge is 2.03. The molecule has 0 saturated heterocycles. The zero-order valence-corrected chi connectivity index (χ0v) is 10.3. The van der Waals surface area contributed by atoms with Crippen molar-refractivity contribution < 1.29 is 9.53 Å². The van der Waals surface area contributed by atoms with E-state index in [2.05, 4.69) is 10.3 Å². The minimum Gasteiger partial charge on any atom is -0.465 e. The summed E-state index contributed by atoms with van der Waals surface area (Å²) >= 11 is 0. The molecule has 2 aromatic rings. The van der Waals surface area contributed by atoms with E-state index in [0.29, 0.717) is 13.2 Å².